The quantitative estimate of drug-likeness (QED) is 0.622. The average Bonchev–Trinajstić information content (AvgIpc) is 3.02. The van der Waals surface area contributed by atoms with Crippen LogP contribution in [0.25, 0.3) is 6.08 Å². The Bertz CT molecular complexity index is 672. The number of benzene rings is 1. The van der Waals surface area contributed by atoms with Crippen molar-refractivity contribution < 1.29 is 13.9 Å². The lowest BCUT2D eigenvalue weighted by molar-refractivity contribution is -0.129. The lowest BCUT2D eigenvalue weighted by atomic mass is 10.2. The van der Waals surface area contributed by atoms with Gasteiger partial charge in [0.15, 0.2) is 5.70 Å². The van der Waals surface area contributed by atoms with E-state index in [-0.39, 0.29) is 17.4 Å². The number of nitrogens with zero attached hydrogens (tertiary/aromatic N) is 1. The molecular weight excluding hydrogens is 265 g/mol. The van der Waals surface area contributed by atoms with Gasteiger partial charge in [-0.2, -0.15) is 11.3 Å². The van der Waals surface area contributed by atoms with Crippen molar-refractivity contribution >= 4 is 29.3 Å². The predicted octanol–water partition coefficient (Wildman–Crippen LogP) is 3.23. The number of cyclic esters (lactones) is 1. The summed E-state index contributed by atoms with van der Waals surface area (Å²) in [5, 5.41) is 3.82. The minimum atomic E-state index is -0.495. The third kappa shape index (κ3) is 2.46. The SMILES string of the molecule is O=C1OC(c2ccc(F)cc2)=NC1=Cc1ccsc1. The number of aliphatic imine (C=N–C) groups is 1. The van der Waals surface area contributed by atoms with Crippen molar-refractivity contribution in [1.82, 2.24) is 0 Å². The number of hydrogen-bond acceptors (Lipinski definition) is 4. The third-order valence-corrected chi connectivity index (χ3v) is 3.26. The van der Waals surface area contributed by atoms with Gasteiger partial charge in [-0.15, -0.1) is 0 Å². The summed E-state index contributed by atoms with van der Waals surface area (Å²) in [6.07, 6.45) is 1.66. The topological polar surface area (TPSA) is 38.7 Å². The van der Waals surface area contributed by atoms with Gasteiger partial charge in [0.2, 0.25) is 5.90 Å². The second kappa shape index (κ2) is 4.78. The van der Waals surface area contributed by atoms with Gasteiger partial charge in [-0.3, -0.25) is 0 Å². The van der Waals surface area contributed by atoms with Crippen molar-refractivity contribution in [2.45, 2.75) is 0 Å². The van der Waals surface area contributed by atoms with E-state index in [1.54, 1.807) is 6.08 Å². The summed E-state index contributed by atoms with van der Waals surface area (Å²) in [5.41, 5.74) is 1.72. The number of rotatable bonds is 2. The van der Waals surface area contributed by atoms with Gasteiger partial charge in [0, 0.05) is 5.56 Å². The van der Waals surface area contributed by atoms with Gasteiger partial charge in [0.1, 0.15) is 5.82 Å². The average molecular weight is 273 g/mol. The fourth-order valence-corrected chi connectivity index (χ4v) is 2.26. The summed E-state index contributed by atoms with van der Waals surface area (Å²) in [5.74, 6) is -0.639. The van der Waals surface area contributed by atoms with Crippen molar-refractivity contribution in [3.63, 3.8) is 0 Å². The van der Waals surface area contributed by atoms with E-state index < -0.39 is 5.97 Å². The summed E-state index contributed by atoms with van der Waals surface area (Å²) in [4.78, 5) is 15.8. The Kier molecular flexibility index (Phi) is 2.97. The monoisotopic (exact) mass is 273 g/mol. The van der Waals surface area contributed by atoms with E-state index in [1.165, 1.54) is 35.6 Å². The highest BCUT2D eigenvalue weighted by atomic mass is 32.1. The van der Waals surface area contributed by atoms with E-state index in [0.717, 1.165) is 5.56 Å². The van der Waals surface area contributed by atoms with Crippen molar-refractivity contribution in [3.05, 3.63) is 63.7 Å². The van der Waals surface area contributed by atoms with Crippen LogP contribution in [-0.4, -0.2) is 11.9 Å². The first-order chi connectivity index (χ1) is 9.22. The molecule has 1 aliphatic rings. The molecule has 3 nitrogen and oxygen atoms in total. The smallest absolute Gasteiger partial charge is 0.363 e. The van der Waals surface area contributed by atoms with Crippen LogP contribution in [0.1, 0.15) is 11.1 Å². The van der Waals surface area contributed by atoms with Crippen LogP contribution < -0.4 is 0 Å². The van der Waals surface area contributed by atoms with E-state index in [2.05, 4.69) is 4.99 Å². The molecule has 0 N–H and O–H groups in total. The second-order valence-corrected chi connectivity index (χ2v) is 4.68. The lowest BCUT2D eigenvalue weighted by Crippen LogP contribution is -2.05. The number of esters is 1. The van der Waals surface area contributed by atoms with E-state index in [0.29, 0.717) is 5.56 Å². The molecule has 0 saturated carbocycles. The number of carbonyl (C=O) groups is 1. The Balaban J connectivity index is 1.93. The summed E-state index contributed by atoms with van der Waals surface area (Å²) in [7, 11) is 0. The zero-order valence-electron chi connectivity index (χ0n) is 9.67. The molecule has 1 aliphatic heterocycles. The molecule has 19 heavy (non-hydrogen) atoms. The maximum absolute atomic E-state index is 12.8. The summed E-state index contributed by atoms with van der Waals surface area (Å²) in [6.45, 7) is 0. The number of thiophene rings is 1. The van der Waals surface area contributed by atoms with Crippen molar-refractivity contribution in [2.24, 2.45) is 4.99 Å². The largest absolute Gasteiger partial charge is 0.402 e. The van der Waals surface area contributed by atoms with Gasteiger partial charge in [0.25, 0.3) is 0 Å². The molecule has 0 radical (unpaired) electrons. The Morgan fingerprint density at radius 1 is 1.21 bits per heavy atom. The molecule has 0 atom stereocenters. The fourth-order valence-electron chi connectivity index (χ4n) is 1.64. The summed E-state index contributed by atoms with van der Waals surface area (Å²) < 4.78 is 17.9. The molecule has 5 heteroatoms. The van der Waals surface area contributed by atoms with Crippen LogP contribution in [0.3, 0.4) is 0 Å². The molecule has 2 heterocycles. The van der Waals surface area contributed by atoms with Gasteiger partial charge in [-0.1, -0.05) is 0 Å². The Morgan fingerprint density at radius 3 is 2.68 bits per heavy atom. The molecule has 0 amide bonds. The minimum Gasteiger partial charge on any atom is -0.402 e. The molecule has 1 aromatic carbocycles. The summed E-state index contributed by atoms with van der Waals surface area (Å²) in [6, 6.07) is 7.53. The molecule has 0 aliphatic carbocycles. The molecule has 0 fully saturated rings. The standard InChI is InChI=1S/C14H8FNO2S/c15-11-3-1-10(2-4-11)13-16-12(14(17)18-13)7-9-5-6-19-8-9/h1-8H. The Hall–Kier alpha value is -2.27. The van der Waals surface area contributed by atoms with E-state index in [4.69, 9.17) is 4.74 Å². The maximum Gasteiger partial charge on any atom is 0.363 e. The predicted molar refractivity (Wildman–Crippen MR) is 71.3 cm³/mol. The molecular formula is C14H8FNO2S. The molecule has 0 saturated heterocycles. The highest BCUT2D eigenvalue weighted by Crippen LogP contribution is 2.20. The van der Waals surface area contributed by atoms with E-state index >= 15 is 0 Å². The van der Waals surface area contributed by atoms with Crippen molar-refractivity contribution in [2.75, 3.05) is 0 Å². The van der Waals surface area contributed by atoms with Crippen LogP contribution in [-0.2, 0) is 9.53 Å². The molecule has 2 aromatic rings. The fraction of sp³-hybridized carbons (Fsp3) is 0. The molecule has 1 aromatic heterocycles. The Labute approximate surface area is 112 Å². The molecule has 94 valence electrons. The molecule has 0 bridgehead atoms. The third-order valence-electron chi connectivity index (χ3n) is 2.56. The Morgan fingerprint density at radius 2 is 2.00 bits per heavy atom. The first-order valence-electron chi connectivity index (χ1n) is 5.53. The lowest BCUT2D eigenvalue weighted by Gasteiger charge is -1.98. The molecule has 3 rings (SSSR count). The summed E-state index contributed by atoms with van der Waals surface area (Å²) >= 11 is 1.54. The number of halogens is 1. The van der Waals surface area contributed by atoms with Crippen molar-refractivity contribution in [3.8, 4) is 0 Å². The number of carbonyl (C=O) groups excluding carboxylic acids is 1. The van der Waals surface area contributed by atoms with E-state index in [9.17, 15) is 9.18 Å². The molecule has 0 spiro atoms. The second-order valence-electron chi connectivity index (χ2n) is 3.90. The zero-order valence-corrected chi connectivity index (χ0v) is 10.5. The van der Waals surface area contributed by atoms with Crippen LogP contribution in [0.15, 0.2) is 51.8 Å². The molecule has 0 unspecified atom stereocenters. The minimum absolute atomic E-state index is 0.200. The van der Waals surface area contributed by atoms with E-state index in [1.807, 2.05) is 16.8 Å². The maximum atomic E-state index is 12.8. The number of hydrogen-bond donors (Lipinski definition) is 0. The van der Waals surface area contributed by atoms with Gasteiger partial charge in [-0.05, 0) is 52.7 Å². The van der Waals surface area contributed by atoms with Gasteiger partial charge in [0.05, 0.1) is 0 Å². The first-order valence-corrected chi connectivity index (χ1v) is 6.47. The number of ether oxygens (including phenoxy) is 1. The highest BCUT2D eigenvalue weighted by molar-refractivity contribution is 7.08. The normalized spacial score (nSPS) is 16.6. The van der Waals surface area contributed by atoms with Crippen LogP contribution in [0, 0.1) is 5.82 Å². The van der Waals surface area contributed by atoms with Gasteiger partial charge in [-0.25, -0.2) is 14.2 Å². The van der Waals surface area contributed by atoms with Crippen LogP contribution in [0.4, 0.5) is 4.39 Å². The van der Waals surface area contributed by atoms with Gasteiger partial charge >= 0.3 is 5.97 Å². The highest BCUT2D eigenvalue weighted by Gasteiger charge is 2.24. The van der Waals surface area contributed by atoms with Crippen LogP contribution in [0.5, 0.6) is 0 Å². The van der Waals surface area contributed by atoms with Crippen molar-refractivity contribution in [1.29, 1.82) is 0 Å². The van der Waals surface area contributed by atoms with Gasteiger partial charge < -0.3 is 4.74 Å². The van der Waals surface area contributed by atoms with Crippen LogP contribution >= 0.6 is 11.3 Å². The first kappa shape index (κ1) is 11.8. The zero-order chi connectivity index (χ0) is 13.2. The van der Waals surface area contributed by atoms with Crippen LogP contribution in [0.2, 0.25) is 0 Å².